The second-order valence-electron chi connectivity index (χ2n) is 5.32. The van der Waals surface area contributed by atoms with Crippen molar-refractivity contribution >= 4 is 35.1 Å². The highest BCUT2D eigenvalue weighted by atomic mass is 32.2. The van der Waals surface area contributed by atoms with Gasteiger partial charge >= 0.3 is 0 Å². The number of benzene rings is 2. The van der Waals surface area contributed by atoms with Crippen LogP contribution in [0.25, 0.3) is 0 Å². The summed E-state index contributed by atoms with van der Waals surface area (Å²) in [4.78, 5) is 23.9. The predicted octanol–water partition coefficient (Wildman–Crippen LogP) is 5.24. The molecule has 0 saturated carbocycles. The number of rotatable bonds is 8. The summed E-state index contributed by atoms with van der Waals surface area (Å²) in [5.74, 6) is 1.14. The number of hydrogen-bond acceptors (Lipinski definition) is 4. The lowest BCUT2D eigenvalue weighted by Gasteiger charge is -2.11. The highest BCUT2D eigenvalue weighted by molar-refractivity contribution is 8.21. The summed E-state index contributed by atoms with van der Waals surface area (Å²) in [5.41, 5.74) is 2.66. The Labute approximate surface area is 151 Å². The van der Waals surface area contributed by atoms with E-state index in [1.807, 2.05) is 60.7 Å². The maximum Gasteiger partial charge on any atom is 0.165 e. The van der Waals surface area contributed by atoms with Gasteiger partial charge in [0.15, 0.2) is 11.6 Å². The molecular weight excluding hydrogens is 336 g/mol. The fourth-order valence-electron chi connectivity index (χ4n) is 2.17. The maximum atomic E-state index is 11.9. The van der Waals surface area contributed by atoms with Crippen LogP contribution in [0.2, 0.25) is 0 Å². The van der Waals surface area contributed by atoms with Crippen molar-refractivity contribution in [3.05, 3.63) is 81.6 Å². The molecule has 2 nitrogen and oxygen atoms in total. The van der Waals surface area contributed by atoms with Crippen LogP contribution in [0.15, 0.2) is 70.5 Å². The van der Waals surface area contributed by atoms with Gasteiger partial charge in [-0.3, -0.25) is 9.59 Å². The Kier molecular flexibility index (Phi) is 7.35. The zero-order valence-electron chi connectivity index (χ0n) is 13.8. The van der Waals surface area contributed by atoms with Gasteiger partial charge in [0.05, 0.1) is 9.81 Å². The summed E-state index contributed by atoms with van der Waals surface area (Å²) in [6.45, 7) is 2.92. The van der Waals surface area contributed by atoms with Crippen molar-refractivity contribution in [3.63, 3.8) is 0 Å². The van der Waals surface area contributed by atoms with E-state index >= 15 is 0 Å². The van der Waals surface area contributed by atoms with Crippen LogP contribution in [0.4, 0.5) is 0 Å². The average molecular weight is 357 g/mol. The molecule has 0 aromatic heterocycles. The molecule has 0 N–H and O–H groups in total. The maximum absolute atomic E-state index is 11.9. The van der Waals surface area contributed by atoms with Crippen LogP contribution in [-0.4, -0.2) is 11.6 Å². The van der Waals surface area contributed by atoms with Gasteiger partial charge in [-0.05, 0) is 25.0 Å². The van der Waals surface area contributed by atoms with E-state index in [1.165, 1.54) is 25.0 Å². The molecule has 0 fully saturated rings. The molecule has 0 atom stereocenters. The zero-order chi connectivity index (χ0) is 17.4. The molecule has 4 heteroatoms. The number of carbonyl (C=O) groups excluding carboxylic acids is 2. The van der Waals surface area contributed by atoms with Crippen LogP contribution < -0.4 is 0 Å². The first-order chi connectivity index (χ1) is 11.6. The number of allylic oxidation sites excluding steroid dienone is 1. The molecule has 0 saturated heterocycles. The minimum Gasteiger partial charge on any atom is -0.294 e. The SMILES string of the molecule is CC(=O)C(C(C)=O)=C(SCc1ccccc1)SCc1ccccc1. The molecule has 0 aliphatic carbocycles. The van der Waals surface area contributed by atoms with Crippen molar-refractivity contribution in [3.8, 4) is 0 Å². The van der Waals surface area contributed by atoms with Crippen molar-refractivity contribution < 1.29 is 9.59 Å². The van der Waals surface area contributed by atoms with Crippen LogP contribution in [0.3, 0.4) is 0 Å². The molecule has 0 unspecified atom stereocenters. The van der Waals surface area contributed by atoms with Gasteiger partial charge in [-0.2, -0.15) is 0 Å². The number of thioether (sulfide) groups is 2. The van der Waals surface area contributed by atoms with E-state index in [0.29, 0.717) is 5.57 Å². The third-order valence-electron chi connectivity index (χ3n) is 3.33. The molecule has 124 valence electrons. The third kappa shape index (κ3) is 5.69. The van der Waals surface area contributed by atoms with Gasteiger partial charge < -0.3 is 0 Å². The van der Waals surface area contributed by atoms with Crippen molar-refractivity contribution in [2.45, 2.75) is 25.4 Å². The first-order valence-electron chi connectivity index (χ1n) is 7.67. The minimum absolute atomic E-state index is 0.168. The second kappa shape index (κ2) is 9.50. The fraction of sp³-hybridized carbons (Fsp3) is 0.200. The van der Waals surface area contributed by atoms with Crippen molar-refractivity contribution in [2.75, 3.05) is 0 Å². The number of hydrogen-bond donors (Lipinski definition) is 0. The van der Waals surface area contributed by atoms with Crippen molar-refractivity contribution in [2.24, 2.45) is 0 Å². The van der Waals surface area contributed by atoms with Gasteiger partial charge in [0, 0.05) is 11.5 Å². The van der Waals surface area contributed by atoms with Crippen molar-refractivity contribution in [1.82, 2.24) is 0 Å². The second-order valence-corrected chi connectivity index (χ2v) is 7.55. The van der Waals surface area contributed by atoms with Gasteiger partial charge in [-0.25, -0.2) is 0 Å². The lowest BCUT2D eigenvalue weighted by molar-refractivity contribution is -0.119. The largest absolute Gasteiger partial charge is 0.294 e. The van der Waals surface area contributed by atoms with E-state index in [-0.39, 0.29) is 11.6 Å². The summed E-state index contributed by atoms with van der Waals surface area (Å²) in [7, 11) is 0. The van der Waals surface area contributed by atoms with Crippen LogP contribution in [0, 0.1) is 0 Å². The van der Waals surface area contributed by atoms with Crippen LogP contribution in [0.1, 0.15) is 25.0 Å². The molecule has 0 aliphatic rings. The molecule has 2 rings (SSSR count). The molecule has 0 spiro atoms. The van der Waals surface area contributed by atoms with E-state index in [4.69, 9.17) is 0 Å². The monoisotopic (exact) mass is 356 g/mol. The van der Waals surface area contributed by atoms with Crippen molar-refractivity contribution in [1.29, 1.82) is 0 Å². The van der Waals surface area contributed by atoms with Gasteiger partial charge in [-0.15, -0.1) is 23.5 Å². The summed E-state index contributed by atoms with van der Waals surface area (Å²) < 4.78 is 0.808. The van der Waals surface area contributed by atoms with Gasteiger partial charge in [0.2, 0.25) is 0 Å². The fourth-order valence-corrected chi connectivity index (χ4v) is 4.70. The summed E-state index contributed by atoms with van der Waals surface area (Å²) in [6, 6.07) is 20.1. The lowest BCUT2D eigenvalue weighted by Crippen LogP contribution is -2.08. The Bertz CT molecular complexity index is 660. The quantitative estimate of drug-likeness (QED) is 0.368. The summed E-state index contributed by atoms with van der Waals surface area (Å²) >= 11 is 3.12. The molecule has 0 amide bonds. The van der Waals surface area contributed by atoms with E-state index in [2.05, 4.69) is 0 Å². The summed E-state index contributed by atoms with van der Waals surface area (Å²) in [6.07, 6.45) is 0. The summed E-state index contributed by atoms with van der Waals surface area (Å²) in [5, 5.41) is 0. The standard InChI is InChI=1S/C20H20O2S2/c1-15(21)19(16(2)22)20(23-13-17-9-5-3-6-10-17)24-14-18-11-7-4-8-12-18/h3-12H,13-14H2,1-2H3. The molecule has 0 radical (unpaired) electrons. The number of ketones is 2. The smallest absolute Gasteiger partial charge is 0.165 e. The highest BCUT2D eigenvalue weighted by Crippen LogP contribution is 2.36. The lowest BCUT2D eigenvalue weighted by atomic mass is 10.1. The Morgan fingerprint density at radius 2 is 1.08 bits per heavy atom. The van der Waals surface area contributed by atoms with E-state index < -0.39 is 0 Å². The Hall–Kier alpha value is -1.78. The van der Waals surface area contributed by atoms with E-state index in [1.54, 1.807) is 23.5 Å². The molecule has 0 bridgehead atoms. The Morgan fingerprint density at radius 3 is 1.42 bits per heavy atom. The first kappa shape index (κ1) is 18.6. The molecule has 2 aromatic rings. The topological polar surface area (TPSA) is 34.1 Å². The molecule has 2 aromatic carbocycles. The zero-order valence-corrected chi connectivity index (χ0v) is 15.5. The predicted molar refractivity (Wildman–Crippen MR) is 104 cm³/mol. The highest BCUT2D eigenvalue weighted by Gasteiger charge is 2.17. The third-order valence-corrected chi connectivity index (χ3v) is 5.93. The van der Waals surface area contributed by atoms with E-state index in [9.17, 15) is 9.59 Å². The van der Waals surface area contributed by atoms with Crippen LogP contribution in [-0.2, 0) is 21.1 Å². The van der Waals surface area contributed by atoms with Gasteiger partial charge in [0.1, 0.15) is 0 Å². The van der Waals surface area contributed by atoms with E-state index in [0.717, 1.165) is 15.7 Å². The van der Waals surface area contributed by atoms with Gasteiger partial charge in [0.25, 0.3) is 0 Å². The number of Topliss-reactive ketones (excluding diaryl/α,β-unsaturated/α-hetero) is 2. The van der Waals surface area contributed by atoms with Gasteiger partial charge in [-0.1, -0.05) is 60.7 Å². The Morgan fingerprint density at radius 1 is 0.708 bits per heavy atom. The molecular formula is C20H20O2S2. The molecule has 24 heavy (non-hydrogen) atoms. The van der Waals surface area contributed by atoms with Crippen LogP contribution >= 0.6 is 23.5 Å². The Balaban J connectivity index is 2.18. The molecule has 0 aliphatic heterocycles. The number of carbonyl (C=O) groups is 2. The molecule has 0 heterocycles. The first-order valence-corrected chi connectivity index (χ1v) is 9.64. The van der Waals surface area contributed by atoms with Crippen LogP contribution in [0.5, 0.6) is 0 Å². The normalized spacial score (nSPS) is 10.2. The average Bonchev–Trinajstić information content (AvgIpc) is 2.58. The minimum atomic E-state index is -0.168.